The van der Waals surface area contributed by atoms with Crippen molar-refractivity contribution in [2.24, 2.45) is 4.99 Å². The molecule has 0 fully saturated rings. The van der Waals surface area contributed by atoms with Gasteiger partial charge in [-0.2, -0.15) is 5.26 Å². The van der Waals surface area contributed by atoms with E-state index in [2.05, 4.69) is 55.1 Å². The van der Waals surface area contributed by atoms with E-state index in [1.165, 1.54) is 31.6 Å². The van der Waals surface area contributed by atoms with E-state index in [0.29, 0.717) is 51.5 Å². The third kappa shape index (κ3) is 7.31. The molecule has 60 heavy (non-hydrogen) atoms. The number of esters is 1. The van der Waals surface area contributed by atoms with Crippen LogP contribution < -0.4 is 10.0 Å². The predicted octanol–water partition coefficient (Wildman–Crippen LogP) is 6.81. The quantitative estimate of drug-likeness (QED) is 0.116. The molecule has 0 saturated carbocycles. The average molecular weight is 839 g/mol. The van der Waals surface area contributed by atoms with Gasteiger partial charge in [0.15, 0.2) is 5.82 Å². The van der Waals surface area contributed by atoms with Gasteiger partial charge in [-0.1, -0.05) is 49.4 Å². The van der Waals surface area contributed by atoms with Crippen LogP contribution in [0, 0.1) is 32.1 Å². The third-order valence-electron chi connectivity index (χ3n) is 10.5. The molecule has 15 nitrogen and oxygen atoms in total. The van der Waals surface area contributed by atoms with Crippen molar-refractivity contribution in [3.8, 4) is 22.3 Å². The standard InChI is InChI=1S/C43H38N10O5S2/c1-6-27-13-16-32(40-38(27)30(18-44)20-47-40)52-60(56,57)31-14-7-26(8-15-31)19-48-42(55)35-22-45-34(21-46-35)28-9-11-29(12-10-28)39-37-23(2)24(3)59-43(37)53-25(4)50-51-41(53)33(49-39)17-36(54)58-5/h7-16,20-22,33,47,52H,6,17,19H2,1-5H3,(H,48,55)/t33-/m0/s1. The summed E-state index contributed by atoms with van der Waals surface area (Å²) in [5.41, 5.74) is 8.00. The van der Waals surface area contributed by atoms with E-state index in [9.17, 15) is 23.3 Å². The zero-order chi connectivity index (χ0) is 42.3. The minimum absolute atomic E-state index is 0.00669. The highest BCUT2D eigenvalue weighted by molar-refractivity contribution is 7.92. The molecule has 3 N–H and O–H groups in total. The van der Waals surface area contributed by atoms with Crippen LogP contribution in [0.2, 0.25) is 0 Å². The number of rotatable bonds is 11. The molecule has 3 aromatic carbocycles. The number of methoxy groups -OCH3 is 1. The van der Waals surface area contributed by atoms with E-state index in [0.717, 1.165) is 43.4 Å². The summed E-state index contributed by atoms with van der Waals surface area (Å²) in [6, 6.07) is 18.9. The molecule has 0 aliphatic carbocycles. The SMILES string of the molecule is CCc1ccc(NS(=O)(=O)c2ccc(CNC(=O)c3cnc(-c4ccc(C5=N[C@@H](CC(=O)OC)c6nnc(C)n6-c6sc(C)c(C)c65)cc4)cn3)cc2)c2[nH]cc(C#N)c12. The van der Waals surface area contributed by atoms with Crippen LogP contribution in [0.4, 0.5) is 5.69 Å². The third-order valence-corrected chi connectivity index (χ3v) is 13.1. The van der Waals surface area contributed by atoms with Crippen molar-refractivity contribution >= 4 is 55.5 Å². The number of ether oxygens (including phenoxy) is 1. The Bertz CT molecular complexity index is 3000. The molecule has 1 aliphatic heterocycles. The Hall–Kier alpha value is -7.03. The first-order valence-corrected chi connectivity index (χ1v) is 21.2. The number of anilines is 1. The molecule has 1 amide bonds. The number of thiophene rings is 1. The molecule has 0 saturated heterocycles. The van der Waals surface area contributed by atoms with E-state index in [-0.39, 0.29) is 23.6 Å². The number of aliphatic imine (C=N–C) groups is 1. The zero-order valence-corrected chi connectivity index (χ0v) is 34.8. The number of hydrogen-bond donors (Lipinski definition) is 3. The van der Waals surface area contributed by atoms with Gasteiger partial charge in [0, 0.05) is 39.7 Å². The molecule has 17 heteroatoms. The van der Waals surface area contributed by atoms with Crippen molar-refractivity contribution in [2.75, 3.05) is 11.8 Å². The molecule has 302 valence electrons. The number of carbonyl (C=O) groups is 2. The number of carbonyl (C=O) groups excluding carboxylic acids is 2. The summed E-state index contributed by atoms with van der Waals surface area (Å²) in [5.74, 6) is 0.432. The summed E-state index contributed by atoms with van der Waals surface area (Å²) in [6.45, 7) is 8.11. The number of aromatic amines is 1. The summed E-state index contributed by atoms with van der Waals surface area (Å²) in [7, 11) is -2.61. The van der Waals surface area contributed by atoms with Crippen LogP contribution >= 0.6 is 11.3 Å². The van der Waals surface area contributed by atoms with Crippen molar-refractivity contribution in [3.63, 3.8) is 0 Å². The van der Waals surface area contributed by atoms with Gasteiger partial charge in [-0.3, -0.25) is 28.9 Å². The minimum atomic E-state index is -3.96. The number of fused-ring (bicyclic) bond motifs is 4. The van der Waals surface area contributed by atoms with Crippen LogP contribution in [-0.2, 0) is 32.5 Å². The molecule has 1 aliphatic rings. The number of benzene rings is 3. The number of aromatic nitrogens is 6. The van der Waals surface area contributed by atoms with Gasteiger partial charge in [0.1, 0.15) is 28.6 Å². The number of H-pyrrole nitrogens is 1. The normalized spacial score (nSPS) is 13.5. The van der Waals surface area contributed by atoms with E-state index in [1.807, 2.05) is 48.7 Å². The molecule has 7 aromatic rings. The maximum atomic E-state index is 13.3. The summed E-state index contributed by atoms with van der Waals surface area (Å²) >= 11 is 1.63. The maximum absolute atomic E-state index is 13.3. The first-order valence-electron chi connectivity index (χ1n) is 18.9. The fraction of sp³-hybridized carbons (Fsp3) is 0.209. The molecule has 8 rings (SSSR count). The number of sulfonamides is 1. The molecule has 0 bridgehead atoms. The lowest BCUT2D eigenvalue weighted by Crippen LogP contribution is -2.24. The summed E-state index contributed by atoms with van der Waals surface area (Å²) in [6.07, 6.45) is 5.20. The van der Waals surface area contributed by atoms with Gasteiger partial charge in [-0.15, -0.1) is 21.5 Å². The fourth-order valence-corrected chi connectivity index (χ4v) is 9.50. The largest absolute Gasteiger partial charge is 0.469 e. The van der Waals surface area contributed by atoms with Gasteiger partial charge in [0.2, 0.25) is 0 Å². The molecule has 5 heterocycles. The highest BCUT2D eigenvalue weighted by Crippen LogP contribution is 2.40. The van der Waals surface area contributed by atoms with Crippen molar-refractivity contribution in [3.05, 3.63) is 135 Å². The molecular formula is C43H38N10O5S2. The summed E-state index contributed by atoms with van der Waals surface area (Å²) in [5, 5.41) is 22.7. The van der Waals surface area contributed by atoms with Gasteiger partial charge >= 0.3 is 5.97 Å². The van der Waals surface area contributed by atoms with Crippen LogP contribution in [0.1, 0.15) is 79.8 Å². The number of aryl methyl sites for hydroxylation is 3. The first kappa shape index (κ1) is 39.8. The predicted molar refractivity (Wildman–Crippen MR) is 227 cm³/mol. The van der Waals surface area contributed by atoms with Crippen molar-refractivity contribution < 1.29 is 22.7 Å². The number of hydrogen-bond acceptors (Lipinski definition) is 12. The topological polar surface area (TPSA) is 210 Å². The molecule has 0 spiro atoms. The van der Waals surface area contributed by atoms with Crippen LogP contribution in [0.15, 0.2) is 89.1 Å². The first-order chi connectivity index (χ1) is 28.9. The monoisotopic (exact) mass is 838 g/mol. The van der Waals surface area contributed by atoms with Crippen molar-refractivity contribution in [1.82, 2.24) is 35.0 Å². The van der Waals surface area contributed by atoms with E-state index < -0.39 is 27.9 Å². The number of nitriles is 1. The Morgan fingerprint density at radius 2 is 1.73 bits per heavy atom. The van der Waals surface area contributed by atoms with Gasteiger partial charge in [0.05, 0.1) is 59.0 Å². The average Bonchev–Trinajstić information content (AvgIpc) is 3.93. The highest BCUT2D eigenvalue weighted by atomic mass is 32.2. The summed E-state index contributed by atoms with van der Waals surface area (Å²) < 4.78 is 36.3. The lowest BCUT2D eigenvalue weighted by atomic mass is 9.98. The second kappa shape index (κ2) is 16.0. The van der Waals surface area contributed by atoms with Crippen molar-refractivity contribution in [2.45, 2.75) is 58.0 Å². The fourth-order valence-electron chi connectivity index (χ4n) is 7.21. The molecule has 4 aromatic heterocycles. The smallest absolute Gasteiger partial charge is 0.308 e. The summed E-state index contributed by atoms with van der Waals surface area (Å²) in [4.78, 5) is 43.7. The van der Waals surface area contributed by atoms with Gasteiger partial charge in [-0.25, -0.2) is 13.4 Å². The number of nitrogens with zero attached hydrogens (tertiary/aromatic N) is 7. The van der Waals surface area contributed by atoms with Gasteiger partial charge in [0.25, 0.3) is 15.9 Å². The highest BCUT2D eigenvalue weighted by Gasteiger charge is 2.32. The van der Waals surface area contributed by atoms with Gasteiger partial charge in [-0.05, 0) is 62.1 Å². The Kier molecular flexibility index (Phi) is 10.6. The van der Waals surface area contributed by atoms with Crippen LogP contribution in [-0.4, -0.2) is 62.8 Å². The van der Waals surface area contributed by atoms with E-state index in [4.69, 9.17) is 9.73 Å². The molecule has 0 radical (unpaired) electrons. The Morgan fingerprint density at radius 3 is 2.42 bits per heavy atom. The second-order valence-electron chi connectivity index (χ2n) is 14.2. The molecular weight excluding hydrogens is 801 g/mol. The van der Waals surface area contributed by atoms with Crippen LogP contribution in [0.3, 0.4) is 0 Å². The Balaban J connectivity index is 0.943. The number of amides is 1. The maximum Gasteiger partial charge on any atom is 0.308 e. The van der Waals surface area contributed by atoms with E-state index >= 15 is 0 Å². The Morgan fingerprint density at radius 1 is 0.983 bits per heavy atom. The minimum Gasteiger partial charge on any atom is -0.469 e. The van der Waals surface area contributed by atoms with Crippen molar-refractivity contribution in [1.29, 1.82) is 5.26 Å². The lowest BCUT2D eigenvalue weighted by molar-refractivity contribution is -0.141. The number of nitrogens with one attached hydrogen (secondary N) is 3. The lowest BCUT2D eigenvalue weighted by Gasteiger charge is -2.12. The van der Waals surface area contributed by atoms with Crippen LogP contribution in [0.25, 0.3) is 27.2 Å². The second-order valence-corrected chi connectivity index (χ2v) is 17.0. The van der Waals surface area contributed by atoms with Gasteiger partial charge < -0.3 is 15.0 Å². The Labute approximate surface area is 349 Å². The zero-order valence-electron chi connectivity index (χ0n) is 33.2. The van der Waals surface area contributed by atoms with Crippen LogP contribution in [0.5, 0.6) is 0 Å². The molecule has 0 unspecified atom stereocenters. The molecule has 1 atom stereocenters. The van der Waals surface area contributed by atoms with E-state index in [1.54, 1.807) is 35.7 Å².